The van der Waals surface area contributed by atoms with Gasteiger partial charge < -0.3 is 14.6 Å². The van der Waals surface area contributed by atoms with Gasteiger partial charge in [0, 0.05) is 5.56 Å². The van der Waals surface area contributed by atoms with Crippen LogP contribution in [0.1, 0.15) is 20.8 Å². The summed E-state index contributed by atoms with van der Waals surface area (Å²) < 4.78 is 10.6. The second kappa shape index (κ2) is 6.36. The van der Waals surface area contributed by atoms with E-state index in [0.717, 1.165) is 11.3 Å². The molecule has 0 atom stereocenters. The molecular weight excluding hydrogens is 264 g/mol. The largest absolute Gasteiger partial charge is 0.497 e. The summed E-state index contributed by atoms with van der Waals surface area (Å²) in [6, 6.07) is 9.36. The Kier molecular flexibility index (Phi) is 4.54. The minimum Gasteiger partial charge on any atom is -0.497 e. The summed E-state index contributed by atoms with van der Waals surface area (Å²) in [6.07, 6.45) is 0. The number of rotatable bonds is 6. The summed E-state index contributed by atoms with van der Waals surface area (Å²) in [6.45, 7) is 0.746. The van der Waals surface area contributed by atoms with E-state index in [0.29, 0.717) is 23.7 Å². The molecule has 5 heteroatoms. The maximum atomic E-state index is 10.9. The molecule has 2 aromatic rings. The van der Waals surface area contributed by atoms with E-state index in [4.69, 9.17) is 14.6 Å². The lowest BCUT2D eigenvalue weighted by Gasteiger charge is -2.05. The van der Waals surface area contributed by atoms with Crippen molar-refractivity contribution in [2.75, 3.05) is 7.11 Å². The predicted molar refractivity (Wildman–Crippen MR) is 72.8 cm³/mol. The second-order valence-electron chi connectivity index (χ2n) is 3.92. The molecule has 0 unspecified atom stereocenters. The molecule has 0 bridgehead atoms. The zero-order chi connectivity index (χ0) is 13.7. The first kappa shape index (κ1) is 13.6. The third-order valence-electron chi connectivity index (χ3n) is 2.63. The van der Waals surface area contributed by atoms with Crippen LogP contribution in [0.15, 0.2) is 35.7 Å². The Balaban J connectivity index is 1.89. The fraction of sp³-hybridized carbons (Fsp3) is 0.214. The number of methoxy groups -OCH3 is 1. The molecule has 0 amide bonds. The smallest absolute Gasteiger partial charge is 0.346 e. The molecule has 2 rings (SSSR count). The van der Waals surface area contributed by atoms with Crippen molar-refractivity contribution < 1.29 is 19.4 Å². The molecule has 0 saturated carbocycles. The van der Waals surface area contributed by atoms with Crippen LogP contribution < -0.4 is 4.74 Å². The first-order valence-corrected chi connectivity index (χ1v) is 6.59. The number of carbonyl (C=O) groups is 1. The summed E-state index contributed by atoms with van der Waals surface area (Å²) in [5.41, 5.74) is 1.74. The number of benzene rings is 1. The molecule has 19 heavy (non-hydrogen) atoms. The number of carboxylic acids is 1. The van der Waals surface area contributed by atoms with Crippen molar-refractivity contribution in [1.82, 2.24) is 0 Å². The van der Waals surface area contributed by atoms with Crippen molar-refractivity contribution in [3.63, 3.8) is 0 Å². The van der Waals surface area contributed by atoms with Crippen LogP contribution in [0.25, 0.3) is 0 Å². The molecule has 0 spiro atoms. The number of ether oxygens (including phenoxy) is 2. The number of carboxylic acid groups (broad SMARTS) is 1. The second-order valence-corrected chi connectivity index (χ2v) is 4.84. The van der Waals surface area contributed by atoms with E-state index in [1.165, 1.54) is 11.3 Å². The monoisotopic (exact) mass is 278 g/mol. The fourth-order valence-corrected chi connectivity index (χ4v) is 2.39. The minimum absolute atomic E-state index is 0.303. The number of hydrogen-bond donors (Lipinski definition) is 1. The summed E-state index contributed by atoms with van der Waals surface area (Å²) in [5.74, 6) is -0.104. The van der Waals surface area contributed by atoms with Gasteiger partial charge in [-0.1, -0.05) is 12.1 Å². The molecule has 0 radical (unpaired) electrons. The number of aromatic carboxylic acids is 1. The lowest BCUT2D eigenvalue weighted by Crippen LogP contribution is -2.00. The highest BCUT2D eigenvalue weighted by Crippen LogP contribution is 2.18. The van der Waals surface area contributed by atoms with Gasteiger partial charge in [-0.15, -0.1) is 11.3 Å². The van der Waals surface area contributed by atoms with Gasteiger partial charge in [-0.3, -0.25) is 0 Å². The molecule has 4 nitrogen and oxygen atoms in total. The van der Waals surface area contributed by atoms with Crippen molar-refractivity contribution in [3.8, 4) is 5.75 Å². The quantitative estimate of drug-likeness (QED) is 0.881. The third-order valence-corrected chi connectivity index (χ3v) is 3.57. The van der Waals surface area contributed by atoms with Gasteiger partial charge >= 0.3 is 5.97 Å². The Morgan fingerprint density at radius 3 is 2.58 bits per heavy atom. The average Bonchev–Trinajstić information content (AvgIpc) is 2.88. The Morgan fingerprint density at radius 1 is 1.21 bits per heavy atom. The van der Waals surface area contributed by atoms with Gasteiger partial charge in [0.2, 0.25) is 0 Å². The van der Waals surface area contributed by atoms with Gasteiger partial charge in [0.15, 0.2) is 0 Å². The van der Waals surface area contributed by atoms with Crippen LogP contribution in [0.4, 0.5) is 0 Å². The lowest BCUT2D eigenvalue weighted by atomic mass is 10.2. The van der Waals surface area contributed by atoms with Gasteiger partial charge in [-0.05, 0) is 29.1 Å². The Hall–Kier alpha value is -1.85. The highest BCUT2D eigenvalue weighted by atomic mass is 32.1. The van der Waals surface area contributed by atoms with Crippen LogP contribution in [0.2, 0.25) is 0 Å². The van der Waals surface area contributed by atoms with E-state index in [-0.39, 0.29) is 0 Å². The minimum atomic E-state index is -0.905. The van der Waals surface area contributed by atoms with Gasteiger partial charge in [0.1, 0.15) is 10.6 Å². The first-order chi connectivity index (χ1) is 9.20. The molecule has 1 heterocycles. The van der Waals surface area contributed by atoms with Gasteiger partial charge in [-0.25, -0.2) is 4.79 Å². The zero-order valence-corrected chi connectivity index (χ0v) is 11.3. The Morgan fingerprint density at radius 2 is 1.95 bits per heavy atom. The van der Waals surface area contributed by atoms with Crippen molar-refractivity contribution >= 4 is 17.3 Å². The Bertz CT molecular complexity index is 545. The normalized spacial score (nSPS) is 10.4. The van der Waals surface area contributed by atoms with E-state index in [1.54, 1.807) is 18.6 Å². The van der Waals surface area contributed by atoms with Crippen molar-refractivity contribution in [3.05, 3.63) is 51.7 Å². The molecule has 1 N–H and O–H groups in total. The van der Waals surface area contributed by atoms with Crippen LogP contribution in [-0.4, -0.2) is 18.2 Å². The summed E-state index contributed by atoms with van der Waals surface area (Å²) in [4.78, 5) is 11.3. The van der Waals surface area contributed by atoms with Crippen LogP contribution in [0, 0.1) is 0 Å². The van der Waals surface area contributed by atoms with Crippen molar-refractivity contribution in [1.29, 1.82) is 0 Å². The summed E-state index contributed by atoms with van der Waals surface area (Å²) in [5, 5.41) is 10.7. The molecule has 100 valence electrons. The molecule has 0 aliphatic heterocycles. The van der Waals surface area contributed by atoms with Crippen molar-refractivity contribution in [2.24, 2.45) is 0 Å². The molecule has 0 fully saturated rings. The average molecular weight is 278 g/mol. The molecule has 1 aromatic carbocycles. The van der Waals surface area contributed by atoms with Crippen LogP contribution in [0.3, 0.4) is 0 Å². The summed E-state index contributed by atoms with van der Waals surface area (Å²) >= 11 is 1.21. The molecule has 0 aliphatic carbocycles. The molecular formula is C14H14O4S. The fourth-order valence-electron chi connectivity index (χ4n) is 1.64. The highest BCUT2D eigenvalue weighted by molar-refractivity contribution is 7.12. The number of hydrogen-bond acceptors (Lipinski definition) is 4. The standard InChI is InChI=1S/C14H14O4S/c1-17-12-4-2-10(3-5-12)8-18-9-11-6-7-19-13(11)14(15)16/h2-7H,8-9H2,1H3,(H,15,16). The van der Waals surface area contributed by atoms with Gasteiger partial charge in [0.05, 0.1) is 20.3 Å². The summed E-state index contributed by atoms with van der Waals surface area (Å²) in [7, 11) is 1.62. The predicted octanol–water partition coefficient (Wildman–Crippen LogP) is 3.17. The van der Waals surface area contributed by atoms with Gasteiger partial charge in [-0.2, -0.15) is 0 Å². The lowest BCUT2D eigenvalue weighted by molar-refractivity contribution is 0.0690. The van der Waals surface area contributed by atoms with E-state index in [1.807, 2.05) is 24.3 Å². The van der Waals surface area contributed by atoms with E-state index in [9.17, 15) is 4.79 Å². The van der Waals surface area contributed by atoms with Gasteiger partial charge in [0.25, 0.3) is 0 Å². The van der Waals surface area contributed by atoms with E-state index in [2.05, 4.69) is 0 Å². The van der Waals surface area contributed by atoms with E-state index < -0.39 is 5.97 Å². The molecule has 0 aliphatic rings. The first-order valence-electron chi connectivity index (χ1n) is 5.71. The number of thiophene rings is 1. The van der Waals surface area contributed by atoms with Crippen LogP contribution in [0.5, 0.6) is 5.75 Å². The van der Waals surface area contributed by atoms with E-state index >= 15 is 0 Å². The van der Waals surface area contributed by atoms with Crippen molar-refractivity contribution in [2.45, 2.75) is 13.2 Å². The zero-order valence-electron chi connectivity index (χ0n) is 10.5. The molecule has 0 saturated heterocycles. The Labute approximate surface area is 115 Å². The maximum Gasteiger partial charge on any atom is 0.346 e. The topological polar surface area (TPSA) is 55.8 Å². The molecule has 1 aromatic heterocycles. The van der Waals surface area contributed by atoms with Crippen LogP contribution >= 0.6 is 11.3 Å². The maximum absolute atomic E-state index is 10.9. The third kappa shape index (κ3) is 3.56. The highest BCUT2D eigenvalue weighted by Gasteiger charge is 2.11. The SMILES string of the molecule is COc1ccc(COCc2ccsc2C(=O)O)cc1. The van der Waals surface area contributed by atoms with Crippen LogP contribution in [-0.2, 0) is 18.0 Å².